The van der Waals surface area contributed by atoms with Crippen LogP contribution in [-0.2, 0) is 4.74 Å². The minimum Gasteiger partial charge on any atom is -0.372 e. The number of alkyl halides is 2. The van der Waals surface area contributed by atoms with Crippen molar-refractivity contribution in [3.05, 3.63) is 64.3 Å². The minimum absolute atomic E-state index is 0.0261. The number of halogens is 4. The fourth-order valence-corrected chi connectivity index (χ4v) is 5.70. The molecular formula is C29H34F4N6O2. The molecule has 4 atom stereocenters. The van der Waals surface area contributed by atoms with E-state index in [0.29, 0.717) is 32.1 Å². The summed E-state index contributed by atoms with van der Waals surface area (Å²) in [6, 6.07) is 3.15. The lowest BCUT2D eigenvalue weighted by molar-refractivity contribution is -0.00572. The number of ether oxygens (including phenoxy) is 1. The van der Waals surface area contributed by atoms with Crippen LogP contribution in [0.1, 0.15) is 39.7 Å². The molecule has 2 aliphatic heterocycles. The van der Waals surface area contributed by atoms with Crippen LogP contribution >= 0.6 is 0 Å². The highest BCUT2D eigenvalue weighted by Crippen LogP contribution is 2.37. The highest BCUT2D eigenvalue weighted by molar-refractivity contribution is 5.75. The summed E-state index contributed by atoms with van der Waals surface area (Å²) in [5.74, 6) is -1.44. The van der Waals surface area contributed by atoms with E-state index in [4.69, 9.17) is 4.74 Å². The van der Waals surface area contributed by atoms with Gasteiger partial charge in [0.25, 0.3) is 12.0 Å². The summed E-state index contributed by atoms with van der Waals surface area (Å²) in [6.45, 7) is 9.94. The van der Waals surface area contributed by atoms with Crippen LogP contribution < -0.4 is 15.4 Å². The number of pyridine rings is 1. The van der Waals surface area contributed by atoms with Crippen molar-refractivity contribution >= 4 is 11.6 Å². The number of rotatable bonds is 5. The highest BCUT2D eigenvalue weighted by atomic mass is 19.3. The number of anilines is 2. The monoisotopic (exact) mass is 574 g/mol. The summed E-state index contributed by atoms with van der Waals surface area (Å²) in [5, 5.41) is 0. The summed E-state index contributed by atoms with van der Waals surface area (Å²) in [5.41, 5.74) is -1.69. The van der Waals surface area contributed by atoms with Crippen LogP contribution in [0.4, 0.5) is 29.2 Å². The number of nitrogens with zero attached hydrogens (tertiary/aromatic N) is 6. The standard InChI is InChI=1S/C29H34F4N6O2/c1-16-12-37(13-17(2)36(16)5)23-9-22(30)25(26(31)27(23)39-7-6-20(28(32)33)8-24(39)40)21-10-34-29(35-11-21)38-14-18(3)41-19(4)15-38/h6-11,16-19,28H,12-15H2,1-5H3/t16-,17+,18-,19-/m1/s1. The lowest BCUT2D eigenvalue weighted by atomic mass is 10.0. The molecule has 1 aromatic carbocycles. The molecule has 2 aromatic heterocycles. The molecule has 0 saturated carbocycles. The topological polar surface area (TPSA) is 66.7 Å². The normalized spacial score (nSPS) is 23.9. The predicted molar refractivity (Wildman–Crippen MR) is 149 cm³/mol. The van der Waals surface area contributed by atoms with Gasteiger partial charge >= 0.3 is 0 Å². The molecule has 0 N–H and O–H groups in total. The lowest BCUT2D eigenvalue weighted by Crippen LogP contribution is -2.55. The highest BCUT2D eigenvalue weighted by Gasteiger charge is 2.32. The molecule has 2 aliphatic rings. The summed E-state index contributed by atoms with van der Waals surface area (Å²) in [6.07, 6.45) is 0.888. The number of hydrogen-bond acceptors (Lipinski definition) is 7. The van der Waals surface area contributed by atoms with E-state index in [1.165, 1.54) is 18.5 Å². The van der Waals surface area contributed by atoms with E-state index in [0.717, 1.165) is 22.9 Å². The predicted octanol–water partition coefficient (Wildman–Crippen LogP) is 4.65. The van der Waals surface area contributed by atoms with Crippen molar-refractivity contribution in [2.24, 2.45) is 0 Å². The molecule has 5 rings (SSSR count). The summed E-state index contributed by atoms with van der Waals surface area (Å²) < 4.78 is 65.6. The van der Waals surface area contributed by atoms with E-state index in [2.05, 4.69) is 14.9 Å². The molecular weight excluding hydrogens is 540 g/mol. The number of likely N-dealkylation sites (N-methyl/N-ethyl adjacent to an activating group) is 1. The third-order valence-corrected chi connectivity index (χ3v) is 7.94. The zero-order valence-electron chi connectivity index (χ0n) is 23.7. The van der Waals surface area contributed by atoms with Gasteiger partial charge in [-0.05, 0) is 40.8 Å². The van der Waals surface area contributed by atoms with Crippen molar-refractivity contribution < 1.29 is 22.3 Å². The molecule has 0 unspecified atom stereocenters. The fraction of sp³-hybridized carbons (Fsp3) is 0.483. The third-order valence-electron chi connectivity index (χ3n) is 7.94. The van der Waals surface area contributed by atoms with Crippen LogP contribution in [0.2, 0.25) is 0 Å². The molecule has 3 aromatic rings. The van der Waals surface area contributed by atoms with Gasteiger partial charge in [-0.2, -0.15) is 0 Å². The van der Waals surface area contributed by atoms with Gasteiger partial charge in [-0.15, -0.1) is 0 Å². The van der Waals surface area contributed by atoms with E-state index >= 15 is 8.78 Å². The van der Waals surface area contributed by atoms with Crippen molar-refractivity contribution in [3.8, 4) is 16.8 Å². The quantitative estimate of drug-likeness (QED) is 0.411. The Hall–Kier alpha value is -3.51. The minimum atomic E-state index is -2.86. The maximum Gasteiger partial charge on any atom is 0.264 e. The van der Waals surface area contributed by atoms with E-state index in [-0.39, 0.29) is 41.2 Å². The molecule has 41 heavy (non-hydrogen) atoms. The van der Waals surface area contributed by atoms with Gasteiger partial charge in [0.1, 0.15) is 11.5 Å². The van der Waals surface area contributed by atoms with E-state index in [1.807, 2.05) is 44.5 Å². The number of morpholine rings is 1. The first-order chi connectivity index (χ1) is 19.4. The van der Waals surface area contributed by atoms with Crippen molar-refractivity contribution in [1.29, 1.82) is 0 Å². The van der Waals surface area contributed by atoms with Gasteiger partial charge in [-0.1, -0.05) is 0 Å². The van der Waals surface area contributed by atoms with Gasteiger partial charge in [-0.3, -0.25) is 14.3 Å². The smallest absolute Gasteiger partial charge is 0.264 e. The summed E-state index contributed by atoms with van der Waals surface area (Å²) in [4.78, 5) is 27.7. The van der Waals surface area contributed by atoms with Crippen LogP contribution in [0.15, 0.2) is 41.6 Å². The Labute approximate surface area is 236 Å². The summed E-state index contributed by atoms with van der Waals surface area (Å²) >= 11 is 0. The van der Waals surface area contributed by atoms with E-state index in [9.17, 15) is 13.6 Å². The van der Waals surface area contributed by atoms with Crippen LogP contribution in [0.5, 0.6) is 0 Å². The molecule has 0 bridgehead atoms. The summed E-state index contributed by atoms with van der Waals surface area (Å²) in [7, 11) is 1.98. The first-order valence-corrected chi connectivity index (χ1v) is 13.7. The fourth-order valence-electron chi connectivity index (χ4n) is 5.70. The number of piperazine rings is 1. The average molecular weight is 575 g/mol. The zero-order valence-corrected chi connectivity index (χ0v) is 23.7. The maximum absolute atomic E-state index is 16.5. The van der Waals surface area contributed by atoms with Gasteiger partial charge < -0.3 is 14.5 Å². The Bertz CT molecular complexity index is 1440. The van der Waals surface area contributed by atoms with Crippen molar-refractivity contribution in [3.63, 3.8) is 0 Å². The van der Waals surface area contributed by atoms with Gasteiger partial charge in [0, 0.05) is 80.1 Å². The molecule has 220 valence electrons. The Balaban J connectivity index is 1.62. The number of benzene rings is 1. The molecule has 8 nitrogen and oxygen atoms in total. The molecule has 12 heteroatoms. The second kappa shape index (κ2) is 11.4. The molecule has 0 aliphatic carbocycles. The van der Waals surface area contributed by atoms with Gasteiger partial charge in [0.2, 0.25) is 5.95 Å². The second-order valence-electron chi connectivity index (χ2n) is 11.1. The lowest BCUT2D eigenvalue weighted by Gasteiger charge is -2.44. The SMILES string of the molecule is C[C@@H]1CN(c2ncc(-c3c(F)cc(N4C[C@@H](C)N(C)[C@@H](C)C4)c(-n4ccc(C(F)F)cc4=O)c3F)cn2)C[C@@H](C)O1. The molecule has 2 saturated heterocycles. The molecule has 0 amide bonds. The Kier molecular flexibility index (Phi) is 8.06. The molecule has 2 fully saturated rings. The second-order valence-corrected chi connectivity index (χ2v) is 11.1. The van der Waals surface area contributed by atoms with E-state index in [1.54, 1.807) is 0 Å². The maximum atomic E-state index is 16.5. The van der Waals surface area contributed by atoms with Gasteiger partial charge in [0.05, 0.1) is 23.5 Å². The largest absolute Gasteiger partial charge is 0.372 e. The molecule has 0 radical (unpaired) electrons. The van der Waals surface area contributed by atoms with Crippen LogP contribution in [0.3, 0.4) is 0 Å². The number of aromatic nitrogens is 3. The molecule has 0 spiro atoms. The van der Waals surface area contributed by atoms with Crippen LogP contribution in [-0.4, -0.2) is 77.0 Å². The Morgan fingerprint density at radius 2 is 1.54 bits per heavy atom. The van der Waals surface area contributed by atoms with Gasteiger partial charge in [-0.25, -0.2) is 27.5 Å². The van der Waals surface area contributed by atoms with Crippen molar-refractivity contribution in [2.45, 2.75) is 58.4 Å². The number of hydrogen-bond donors (Lipinski definition) is 0. The zero-order chi connectivity index (χ0) is 29.6. The van der Waals surface area contributed by atoms with Crippen LogP contribution in [0, 0.1) is 11.6 Å². The molecule has 4 heterocycles. The van der Waals surface area contributed by atoms with Crippen LogP contribution in [0.25, 0.3) is 16.8 Å². The van der Waals surface area contributed by atoms with Crippen molar-refractivity contribution in [1.82, 2.24) is 19.4 Å². The first kappa shape index (κ1) is 29.0. The van der Waals surface area contributed by atoms with Crippen molar-refractivity contribution in [2.75, 3.05) is 43.0 Å². The Morgan fingerprint density at radius 3 is 2.10 bits per heavy atom. The van der Waals surface area contributed by atoms with Gasteiger partial charge in [0.15, 0.2) is 5.82 Å². The van der Waals surface area contributed by atoms with E-state index < -0.39 is 34.7 Å². The third kappa shape index (κ3) is 5.67. The first-order valence-electron chi connectivity index (χ1n) is 13.7. The average Bonchev–Trinajstić information content (AvgIpc) is 2.91. The Morgan fingerprint density at radius 1 is 0.927 bits per heavy atom.